The van der Waals surface area contributed by atoms with Crippen molar-refractivity contribution in [1.29, 1.82) is 0 Å². The Morgan fingerprint density at radius 2 is 1.72 bits per heavy atom. The first-order valence-electron chi connectivity index (χ1n) is 9.15. The number of halogens is 3. The zero-order valence-corrected chi connectivity index (χ0v) is 18.6. The lowest BCUT2D eigenvalue weighted by molar-refractivity contribution is 0.284. The van der Waals surface area contributed by atoms with Crippen LogP contribution in [0.15, 0.2) is 59.1 Å². The fourth-order valence-corrected chi connectivity index (χ4v) is 3.51. The largest absolute Gasteiger partial charge is 0.493 e. The SMILES string of the molecule is COc1cc(CNCc2ccc(C)cc2)c(Br)cc1OCc1ccc(F)cc1Cl. The molecule has 0 aliphatic carbocycles. The van der Waals surface area contributed by atoms with Crippen LogP contribution in [0.2, 0.25) is 5.02 Å². The molecule has 1 N–H and O–H groups in total. The number of benzene rings is 3. The maximum atomic E-state index is 13.2. The molecule has 6 heteroatoms. The standard InChI is InChI=1S/C23H22BrClFNO2/c1-15-3-5-16(6-4-15)12-27-13-18-9-22(28-2)23(11-20(18)24)29-14-17-7-8-19(26)10-21(17)25/h3-11,27H,12-14H2,1-2H3. The molecule has 0 radical (unpaired) electrons. The van der Waals surface area contributed by atoms with Crippen molar-refractivity contribution in [2.24, 2.45) is 0 Å². The van der Waals surface area contributed by atoms with E-state index >= 15 is 0 Å². The predicted octanol–water partition coefficient (Wildman–Crippen LogP) is 6.43. The maximum absolute atomic E-state index is 13.2. The van der Waals surface area contributed by atoms with Crippen molar-refractivity contribution < 1.29 is 13.9 Å². The quantitative estimate of drug-likeness (QED) is 0.405. The van der Waals surface area contributed by atoms with Crippen LogP contribution in [0.3, 0.4) is 0 Å². The van der Waals surface area contributed by atoms with E-state index in [1.165, 1.54) is 23.3 Å². The lowest BCUT2D eigenvalue weighted by Gasteiger charge is -2.15. The van der Waals surface area contributed by atoms with Gasteiger partial charge in [0.15, 0.2) is 11.5 Å². The average Bonchev–Trinajstić information content (AvgIpc) is 2.70. The fraction of sp³-hybridized carbons (Fsp3) is 0.217. The van der Waals surface area contributed by atoms with Crippen molar-refractivity contribution in [1.82, 2.24) is 5.32 Å². The minimum atomic E-state index is -0.374. The number of hydrogen-bond donors (Lipinski definition) is 1. The van der Waals surface area contributed by atoms with Crippen molar-refractivity contribution in [3.8, 4) is 11.5 Å². The molecular formula is C23H22BrClFNO2. The van der Waals surface area contributed by atoms with Crippen LogP contribution < -0.4 is 14.8 Å². The van der Waals surface area contributed by atoms with E-state index in [-0.39, 0.29) is 12.4 Å². The van der Waals surface area contributed by atoms with Crippen LogP contribution in [-0.2, 0) is 19.7 Å². The van der Waals surface area contributed by atoms with E-state index in [1.807, 2.05) is 12.1 Å². The van der Waals surface area contributed by atoms with Crippen LogP contribution in [0.25, 0.3) is 0 Å². The fourth-order valence-electron chi connectivity index (χ4n) is 2.83. The van der Waals surface area contributed by atoms with Gasteiger partial charge in [-0.25, -0.2) is 4.39 Å². The Balaban J connectivity index is 1.65. The molecule has 0 bridgehead atoms. The first kappa shape index (κ1) is 21.6. The van der Waals surface area contributed by atoms with E-state index < -0.39 is 0 Å². The Hall–Kier alpha value is -2.08. The minimum absolute atomic E-state index is 0.215. The van der Waals surface area contributed by atoms with Gasteiger partial charge < -0.3 is 14.8 Å². The van der Waals surface area contributed by atoms with Gasteiger partial charge in [0.05, 0.1) is 12.1 Å². The smallest absolute Gasteiger partial charge is 0.162 e. The zero-order valence-electron chi connectivity index (χ0n) is 16.3. The molecule has 3 nitrogen and oxygen atoms in total. The number of nitrogens with one attached hydrogen (secondary N) is 1. The lowest BCUT2D eigenvalue weighted by atomic mass is 10.1. The van der Waals surface area contributed by atoms with Gasteiger partial charge in [-0.2, -0.15) is 0 Å². The van der Waals surface area contributed by atoms with Crippen molar-refractivity contribution in [3.63, 3.8) is 0 Å². The maximum Gasteiger partial charge on any atom is 0.162 e. The predicted molar refractivity (Wildman–Crippen MR) is 118 cm³/mol. The van der Waals surface area contributed by atoms with Gasteiger partial charge in [-0.05, 0) is 42.3 Å². The Kier molecular flexibility index (Phi) is 7.53. The van der Waals surface area contributed by atoms with E-state index in [0.29, 0.717) is 28.6 Å². The number of hydrogen-bond acceptors (Lipinski definition) is 3. The number of ether oxygens (including phenoxy) is 2. The van der Waals surface area contributed by atoms with E-state index in [9.17, 15) is 4.39 Å². The second kappa shape index (κ2) is 10.1. The van der Waals surface area contributed by atoms with Crippen LogP contribution in [-0.4, -0.2) is 7.11 Å². The number of rotatable bonds is 8. The Bertz CT molecular complexity index is 979. The molecule has 0 aliphatic rings. The Morgan fingerprint density at radius 3 is 2.41 bits per heavy atom. The summed E-state index contributed by atoms with van der Waals surface area (Å²) in [6.07, 6.45) is 0. The highest BCUT2D eigenvalue weighted by atomic mass is 79.9. The summed E-state index contributed by atoms with van der Waals surface area (Å²) in [5.74, 6) is 0.835. The van der Waals surface area contributed by atoms with Crippen LogP contribution in [0.4, 0.5) is 4.39 Å². The molecule has 0 saturated carbocycles. The minimum Gasteiger partial charge on any atom is -0.493 e. The van der Waals surface area contributed by atoms with Crippen molar-refractivity contribution >= 4 is 27.5 Å². The molecule has 152 valence electrons. The molecule has 3 rings (SSSR count). The van der Waals surface area contributed by atoms with Gasteiger partial charge in [-0.3, -0.25) is 0 Å². The van der Waals surface area contributed by atoms with Gasteiger partial charge in [0.2, 0.25) is 0 Å². The molecule has 0 amide bonds. The zero-order chi connectivity index (χ0) is 20.8. The van der Waals surface area contributed by atoms with Crippen LogP contribution >= 0.6 is 27.5 Å². The molecule has 3 aromatic rings. The third-order valence-corrected chi connectivity index (χ3v) is 5.59. The molecule has 29 heavy (non-hydrogen) atoms. The third-order valence-electron chi connectivity index (χ3n) is 4.50. The van der Waals surface area contributed by atoms with Crippen molar-refractivity contribution in [2.45, 2.75) is 26.6 Å². The molecule has 0 atom stereocenters. The highest BCUT2D eigenvalue weighted by molar-refractivity contribution is 9.10. The summed E-state index contributed by atoms with van der Waals surface area (Å²) in [4.78, 5) is 0. The molecule has 0 aliphatic heterocycles. The lowest BCUT2D eigenvalue weighted by Crippen LogP contribution is -2.13. The summed E-state index contributed by atoms with van der Waals surface area (Å²) in [5.41, 5.74) is 4.24. The normalized spacial score (nSPS) is 10.8. The highest BCUT2D eigenvalue weighted by Crippen LogP contribution is 2.34. The summed E-state index contributed by atoms with van der Waals surface area (Å²) in [7, 11) is 1.60. The summed E-state index contributed by atoms with van der Waals surface area (Å²) in [5, 5.41) is 3.77. The summed E-state index contributed by atoms with van der Waals surface area (Å²) < 4.78 is 25.5. The topological polar surface area (TPSA) is 30.5 Å². The van der Waals surface area contributed by atoms with Gasteiger partial charge in [0, 0.05) is 23.1 Å². The molecule has 0 spiro atoms. The molecule has 0 fully saturated rings. The van der Waals surface area contributed by atoms with Gasteiger partial charge in [-0.15, -0.1) is 0 Å². The molecule has 0 heterocycles. The molecule has 0 unspecified atom stereocenters. The van der Waals surface area contributed by atoms with Gasteiger partial charge >= 0.3 is 0 Å². The van der Waals surface area contributed by atoms with Crippen LogP contribution in [0.5, 0.6) is 11.5 Å². The van der Waals surface area contributed by atoms with Gasteiger partial charge in [0.25, 0.3) is 0 Å². The van der Waals surface area contributed by atoms with E-state index in [2.05, 4.69) is 52.4 Å². The summed E-state index contributed by atoms with van der Waals surface area (Å²) in [6, 6.07) is 16.5. The third kappa shape index (κ3) is 5.95. The Morgan fingerprint density at radius 1 is 0.966 bits per heavy atom. The summed E-state index contributed by atoms with van der Waals surface area (Å²) in [6.45, 7) is 3.74. The Labute approximate surface area is 183 Å². The second-order valence-electron chi connectivity index (χ2n) is 6.71. The molecule has 0 saturated heterocycles. The second-order valence-corrected chi connectivity index (χ2v) is 7.97. The van der Waals surface area contributed by atoms with Gasteiger partial charge in [0.1, 0.15) is 12.4 Å². The van der Waals surface area contributed by atoms with Gasteiger partial charge in [-0.1, -0.05) is 63.4 Å². The van der Waals surface area contributed by atoms with E-state index in [1.54, 1.807) is 13.2 Å². The van der Waals surface area contributed by atoms with Crippen LogP contribution in [0.1, 0.15) is 22.3 Å². The highest BCUT2D eigenvalue weighted by Gasteiger charge is 2.12. The van der Waals surface area contributed by atoms with Crippen molar-refractivity contribution in [3.05, 3.63) is 92.2 Å². The summed E-state index contributed by atoms with van der Waals surface area (Å²) >= 11 is 9.68. The molecular weight excluding hydrogens is 457 g/mol. The van der Waals surface area contributed by atoms with Crippen LogP contribution in [0, 0.1) is 12.7 Å². The average molecular weight is 479 g/mol. The monoisotopic (exact) mass is 477 g/mol. The number of aryl methyl sites for hydroxylation is 1. The van der Waals surface area contributed by atoms with Crippen molar-refractivity contribution in [2.75, 3.05) is 7.11 Å². The van der Waals surface area contributed by atoms with E-state index in [4.69, 9.17) is 21.1 Å². The molecule has 3 aromatic carbocycles. The number of methoxy groups -OCH3 is 1. The molecule has 0 aromatic heterocycles. The first-order chi connectivity index (χ1) is 14.0. The first-order valence-corrected chi connectivity index (χ1v) is 10.3. The van der Waals surface area contributed by atoms with E-state index in [0.717, 1.165) is 16.6 Å².